The number of benzene rings is 4. The van der Waals surface area contributed by atoms with E-state index in [-0.39, 0.29) is 49.1 Å². The van der Waals surface area contributed by atoms with Crippen LogP contribution < -0.4 is 29.6 Å². The SMILES string of the molecule is COc1ccc(S(=O)(=O)Nc2cc(-c3ccc4nc(N(C(=O)C5CCCCC5)c5cc(OC)c(C6(c7ccc8ncsc8c7)C=CC=NC6(Cl)NC(C)C)cc5S(N)(=O)=O)sc4c3)cnc2Cl)cc1. The van der Waals surface area contributed by atoms with Crippen molar-refractivity contribution in [2.45, 2.75) is 72.3 Å². The summed E-state index contributed by atoms with van der Waals surface area (Å²) in [5.74, 6) is -0.0844. The average molecular weight is 1050 g/mol. The van der Waals surface area contributed by atoms with Gasteiger partial charge in [-0.05, 0) is 105 Å². The van der Waals surface area contributed by atoms with Crippen LogP contribution in [0, 0.1) is 5.92 Å². The predicted octanol–water partition coefficient (Wildman–Crippen LogP) is 10.1. The Morgan fingerprint density at radius 1 is 0.899 bits per heavy atom. The number of fused-ring (bicyclic) bond motifs is 2. The number of aliphatic imine (C=N–C) groups is 1. The summed E-state index contributed by atoms with van der Waals surface area (Å²) >= 11 is 16.7. The molecular weight excluding hydrogens is 1000 g/mol. The van der Waals surface area contributed by atoms with Crippen molar-refractivity contribution in [3.8, 4) is 22.6 Å². The van der Waals surface area contributed by atoms with Gasteiger partial charge < -0.3 is 9.47 Å². The standard InChI is InChI=1S/C48H46Cl2N8O7S4/c1-28(2)56-48(50)47(19-8-20-54-48,32-12-18-36-41(23-32)66-27-53-36)35-24-43(68(51,60)61)39(25-40(35)65-4)58(45(59)29-9-6-5-7-10-29)46-55-37-17-11-30(22-42(37)67-46)31-21-38(44(49)52-26-31)57-69(62,63)34-15-13-33(64-3)14-16-34/h8,11-29,56-57H,5-7,9-10H2,1-4H3,(H2,51,60,61). The quantitative estimate of drug-likeness (QED) is 0.0530. The lowest BCUT2D eigenvalue weighted by atomic mass is 9.69. The highest BCUT2D eigenvalue weighted by Crippen LogP contribution is 2.54. The van der Waals surface area contributed by atoms with Gasteiger partial charge in [0.2, 0.25) is 21.1 Å². The number of sulfonamides is 2. The van der Waals surface area contributed by atoms with Crippen molar-refractivity contribution in [3.05, 3.63) is 119 Å². The number of alkyl halides is 1. The molecule has 0 saturated heterocycles. The number of nitrogens with zero attached hydrogens (tertiary/aromatic N) is 5. The van der Waals surface area contributed by atoms with Gasteiger partial charge in [0.15, 0.2) is 10.3 Å². The number of carbonyl (C=O) groups is 1. The van der Waals surface area contributed by atoms with E-state index in [4.69, 9.17) is 47.8 Å². The number of aromatic nitrogens is 3. The number of methoxy groups -OCH3 is 2. The number of nitrogens with two attached hydrogens (primary N) is 1. The molecule has 9 rings (SSSR count). The molecule has 3 aromatic heterocycles. The molecule has 2 unspecified atom stereocenters. The second-order valence-electron chi connectivity index (χ2n) is 17.0. The number of pyridine rings is 1. The van der Waals surface area contributed by atoms with Crippen molar-refractivity contribution in [1.29, 1.82) is 0 Å². The lowest BCUT2D eigenvalue weighted by molar-refractivity contribution is -0.122. The van der Waals surface area contributed by atoms with Gasteiger partial charge in [-0.15, -0.1) is 11.3 Å². The minimum Gasteiger partial charge on any atom is -0.497 e. The van der Waals surface area contributed by atoms with Crippen molar-refractivity contribution >= 4 is 115 Å². The fourth-order valence-electron chi connectivity index (χ4n) is 8.99. The van der Waals surface area contributed by atoms with Crippen molar-refractivity contribution < 1.29 is 31.1 Å². The van der Waals surface area contributed by atoms with Gasteiger partial charge in [0.1, 0.15) is 16.4 Å². The molecule has 2 atom stereocenters. The predicted molar refractivity (Wildman–Crippen MR) is 275 cm³/mol. The first-order valence-corrected chi connectivity index (χ1v) is 27.3. The first kappa shape index (κ1) is 48.5. The molecule has 15 nitrogen and oxygen atoms in total. The van der Waals surface area contributed by atoms with E-state index in [2.05, 4.69) is 20.0 Å². The first-order valence-electron chi connectivity index (χ1n) is 21.8. The summed E-state index contributed by atoms with van der Waals surface area (Å²) in [5.41, 5.74) is 3.76. The molecule has 21 heteroatoms. The topological polar surface area (TPSA) is 208 Å². The van der Waals surface area contributed by atoms with Gasteiger partial charge in [0.05, 0.1) is 61.8 Å². The van der Waals surface area contributed by atoms with Gasteiger partial charge in [0, 0.05) is 41.6 Å². The highest BCUT2D eigenvalue weighted by atomic mass is 35.5. The third kappa shape index (κ3) is 9.22. The fraction of sp³-hybridized carbons (Fsp3) is 0.271. The van der Waals surface area contributed by atoms with E-state index in [0.717, 1.165) is 29.5 Å². The molecule has 4 aromatic carbocycles. The molecule has 358 valence electrons. The number of nitrogens with one attached hydrogen (secondary N) is 2. The number of anilines is 3. The third-order valence-corrected chi connectivity index (χ3v) is 17.2. The van der Waals surface area contributed by atoms with Crippen LogP contribution in [0.5, 0.6) is 11.5 Å². The number of hydrogen-bond acceptors (Lipinski definition) is 14. The Morgan fingerprint density at radius 2 is 1.65 bits per heavy atom. The maximum absolute atomic E-state index is 15.1. The van der Waals surface area contributed by atoms with E-state index >= 15 is 4.79 Å². The normalized spacial score (nSPS) is 18.8. The monoisotopic (exact) mass is 1040 g/mol. The molecule has 0 bridgehead atoms. The molecule has 1 saturated carbocycles. The van der Waals surface area contributed by atoms with Crippen LogP contribution in [0.4, 0.5) is 16.5 Å². The van der Waals surface area contributed by atoms with Gasteiger partial charge in [-0.2, -0.15) is 0 Å². The van der Waals surface area contributed by atoms with E-state index in [1.165, 1.54) is 84.4 Å². The van der Waals surface area contributed by atoms with Crippen LogP contribution in [-0.4, -0.2) is 69.3 Å². The Bertz CT molecular complexity index is 3410. The molecule has 69 heavy (non-hydrogen) atoms. The Kier molecular flexibility index (Phi) is 13.4. The number of carbonyl (C=O) groups excluding carboxylic acids is 1. The molecule has 0 radical (unpaired) electrons. The number of amides is 1. The Morgan fingerprint density at radius 3 is 2.36 bits per heavy atom. The average Bonchev–Trinajstić information content (AvgIpc) is 3.99. The molecule has 0 spiro atoms. The summed E-state index contributed by atoms with van der Waals surface area (Å²) < 4.78 is 70.5. The summed E-state index contributed by atoms with van der Waals surface area (Å²) in [5, 5.41) is 8.15. The summed E-state index contributed by atoms with van der Waals surface area (Å²) in [6.45, 7) is 3.86. The van der Waals surface area contributed by atoms with Crippen LogP contribution in [0.2, 0.25) is 5.15 Å². The first-order chi connectivity index (χ1) is 32.9. The zero-order chi connectivity index (χ0) is 48.9. The summed E-state index contributed by atoms with van der Waals surface area (Å²) in [4.78, 5) is 34.6. The zero-order valence-electron chi connectivity index (χ0n) is 37.6. The highest BCUT2D eigenvalue weighted by molar-refractivity contribution is 7.92. The lowest BCUT2D eigenvalue weighted by Gasteiger charge is -2.46. The molecule has 1 aliphatic heterocycles. The van der Waals surface area contributed by atoms with Crippen LogP contribution in [0.25, 0.3) is 31.6 Å². The smallest absolute Gasteiger partial charge is 0.261 e. The zero-order valence-corrected chi connectivity index (χ0v) is 42.4. The number of allylic oxidation sites excluding steroid dienone is 1. The number of ether oxygens (including phenoxy) is 2. The summed E-state index contributed by atoms with van der Waals surface area (Å²) in [6.07, 6.45) is 10.5. The van der Waals surface area contributed by atoms with E-state index in [1.54, 1.807) is 36.0 Å². The van der Waals surface area contributed by atoms with Crippen molar-refractivity contribution in [2.24, 2.45) is 16.0 Å². The van der Waals surface area contributed by atoms with Crippen LogP contribution >= 0.6 is 45.9 Å². The van der Waals surface area contributed by atoms with Crippen molar-refractivity contribution in [3.63, 3.8) is 0 Å². The van der Waals surface area contributed by atoms with Gasteiger partial charge >= 0.3 is 0 Å². The van der Waals surface area contributed by atoms with Crippen LogP contribution in [0.1, 0.15) is 57.1 Å². The van der Waals surface area contributed by atoms with E-state index in [9.17, 15) is 16.8 Å². The molecule has 4 N–H and O–H groups in total. The number of rotatable bonds is 14. The fourth-order valence-corrected chi connectivity index (χ4v) is 13.3. The lowest BCUT2D eigenvalue weighted by Crippen LogP contribution is -2.58. The van der Waals surface area contributed by atoms with Crippen LogP contribution in [0.15, 0.2) is 118 Å². The Labute approximate surface area is 417 Å². The minimum atomic E-state index is -4.63. The van der Waals surface area contributed by atoms with Gasteiger partial charge in [-0.25, -0.2) is 36.9 Å². The van der Waals surface area contributed by atoms with Gasteiger partial charge in [-0.3, -0.25) is 24.7 Å². The van der Waals surface area contributed by atoms with E-state index in [1.807, 2.05) is 44.2 Å². The van der Waals surface area contributed by atoms with E-state index < -0.39 is 36.5 Å². The third-order valence-electron chi connectivity index (χ3n) is 12.3. The summed E-state index contributed by atoms with van der Waals surface area (Å²) in [6, 6.07) is 21.3. The number of halogens is 2. The van der Waals surface area contributed by atoms with Crippen molar-refractivity contribution in [2.75, 3.05) is 23.8 Å². The molecule has 1 fully saturated rings. The van der Waals surface area contributed by atoms with Crippen LogP contribution in [0.3, 0.4) is 0 Å². The highest BCUT2D eigenvalue weighted by Gasteiger charge is 2.55. The Balaban J connectivity index is 1.19. The summed E-state index contributed by atoms with van der Waals surface area (Å²) in [7, 11) is -5.74. The van der Waals surface area contributed by atoms with E-state index in [0.29, 0.717) is 51.1 Å². The molecular formula is C48H46Cl2N8O7S4. The second-order valence-corrected chi connectivity index (χ2v) is 23.0. The van der Waals surface area contributed by atoms with Gasteiger partial charge in [-0.1, -0.05) is 72.0 Å². The molecule has 4 heterocycles. The van der Waals surface area contributed by atoms with Gasteiger partial charge in [0.25, 0.3) is 10.0 Å². The molecule has 1 amide bonds. The number of primary sulfonamides is 1. The maximum Gasteiger partial charge on any atom is 0.261 e. The second kappa shape index (κ2) is 19.0. The molecule has 2 aliphatic rings. The Hall–Kier alpha value is -5.51. The number of thiazole rings is 2. The largest absolute Gasteiger partial charge is 0.497 e. The number of dihydropyridines is 1. The number of hydrogen-bond donors (Lipinski definition) is 3. The van der Waals surface area contributed by atoms with Crippen molar-refractivity contribution in [1.82, 2.24) is 20.3 Å². The minimum absolute atomic E-state index is 0.00266. The van der Waals surface area contributed by atoms with Crippen LogP contribution in [-0.2, 0) is 30.3 Å². The molecule has 7 aromatic rings. The molecule has 1 aliphatic carbocycles. The maximum atomic E-state index is 15.1.